The molecule has 202 valence electrons. The van der Waals surface area contributed by atoms with Gasteiger partial charge in [-0.3, -0.25) is 9.36 Å². The van der Waals surface area contributed by atoms with E-state index < -0.39 is 24.5 Å². The highest BCUT2D eigenvalue weighted by atomic mass is 16.6. The Hall–Kier alpha value is -2.30. The van der Waals surface area contributed by atoms with Crippen molar-refractivity contribution < 1.29 is 24.5 Å². The molecule has 10 nitrogen and oxygen atoms in total. The number of rotatable bonds is 17. The fourth-order valence-corrected chi connectivity index (χ4v) is 4.69. The number of nitrogens with two attached hydrogens (primary N) is 1. The topological polar surface area (TPSA) is 146 Å². The summed E-state index contributed by atoms with van der Waals surface area (Å²) < 4.78 is 12.6. The van der Waals surface area contributed by atoms with Gasteiger partial charge in [0.25, 0.3) is 0 Å². The zero-order valence-electron chi connectivity index (χ0n) is 21.6. The summed E-state index contributed by atoms with van der Waals surface area (Å²) in [6, 6.07) is 0. The first kappa shape index (κ1) is 28.3. The number of esters is 1. The standard InChI is InChI=1S/C26H43N5O5/c1-2-3-4-5-6-7-8-9-10-11-12-13-14-15-20(32)35-16-19-22(33)23(34)26(36-19)31-18-30-21-24(27)28-17-29-25(21)31/h17-19,22-23,26,33-34H,2-16H2,1H3,(H2,27,28,29)/t19-,22-,23-,26-/m1/s1. The van der Waals surface area contributed by atoms with Crippen molar-refractivity contribution in [2.75, 3.05) is 12.3 Å². The van der Waals surface area contributed by atoms with Gasteiger partial charge in [0.15, 0.2) is 17.7 Å². The van der Waals surface area contributed by atoms with Gasteiger partial charge >= 0.3 is 5.97 Å². The molecular formula is C26H43N5O5. The van der Waals surface area contributed by atoms with Crippen molar-refractivity contribution in [2.24, 2.45) is 0 Å². The molecule has 3 rings (SSSR count). The van der Waals surface area contributed by atoms with E-state index in [4.69, 9.17) is 15.2 Å². The van der Waals surface area contributed by atoms with Crippen LogP contribution in [-0.2, 0) is 14.3 Å². The third-order valence-corrected chi connectivity index (χ3v) is 6.89. The fourth-order valence-electron chi connectivity index (χ4n) is 4.69. The van der Waals surface area contributed by atoms with Gasteiger partial charge in [-0.05, 0) is 6.42 Å². The van der Waals surface area contributed by atoms with Crippen molar-refractivity contribution in [3.8, 4) is 0 Å². The lowest BCUT2D eigenvalue weighted by Crippen LogP contribution is -2.34. The highest BCUT2D eigenvalue weighted by molar-refractivity contribution is 5.81. The van der Waals surface area contributed by atoms with E-state index in [1.165, 1.54) is 81.4 Å². The van der Waals surface area contributed by atoms with Crippen LogP contribution in [0.5, 0.6) is 0 Å². The summed E-state index contributed by atoms with van der Waals surface area (Å²) in [5, 5.41) is 20.9. The predicted octanol–water partition coefficient (Wildman–Crippen LogP) is 4.05. The SMILES string of the molecule is CCCCCCCCCCCCCCCC(=O)OC[C@H]1O[C@@H](n2cnc3c(N)ncnc32)[C@H](O)[C@@H]1O. The van der Waals surface area contributed by atoms with Gasteiger partial charge in [0.2, 0.25) is 0 Å². The third-order valence-electron chi connectivity index (χ3n) is 6.89. The number of carbonyl (C=O) groups is 1. The highest BCUT2D eigenvalue weighted by Crippen LogP contribution is 2.32. The monoisotopic (exact) mass is 505 g/mol. The maximum atomic E-state index is 12.1. The molecule has 36 heavy (non-hydrogen) atoms. The van der Waals surface area contributed by atoms with Gasteiger partial charge in [0.05, 0.1) is 6.33 Å². The molecule has 10 heteroatoms. The van der Waals surface area contributed by atoms with E-state index in [-0.39, 0.29) is 18.4 Å². The van der Waals surface area contributed by atoms with Crippen molar-refractivity contribution in [1.82, 2.24) is 19.5 Å². The summed E-state index contributed by atoms with van der Waals surface area (Å²) in [5.74, 6) is -0.106. The average molecular weight is 506 g/mol. The van der Waals surface area contributed by atoms with Crippen LogP contribution in [0, 0.1) is 0 Å². The van der Waals surface area contributed by atoms with Crippen LogP contribution in [0.15, 0.2) is 12.7 Å². The Morgan fingerprint density at radius 3 is 2.19 bits per heavy atom. The van der Waals surface area contributed by atoms with Crippen LogP contribution in [-0.4, -0.2) is 60.6 Å². The van der Waals surface area contributed by atoms with E-state index in [9.17, 15) is 15.0 Å². The van der Waals surface area contributed by atoms with Gasteiger partial charge in [-0.15, -0.1) is 0 Å². The Balaban J connectivity index is 1.26. The lowest BCUT2D eigenvalue weighted by molar-refractivity contribution is -0.150. The van der Waals surface area contributed by atoms with Crippen LogP contribution in [0.3, 0.4) is 0 Å². The van der Waals surface area contributed by atoms with Crippen LogP contribution in [0.1, 0.15) is 103 Å². The largest absolute Gasteiger partial charge is 0.463 e. The van der Waals surface area contributed by atoms with Crippen molar-refractivity contribution in [2.45, 2.75) is 121 Å². The summed E-state index contributed by atoms with van der Waals surface area (Å²) in [7, 11) is 0. The van der Waals surface area contributed by atoms with Crippen molar-refractivity contribution >= 4 is 23.0 Å². The minimum Gasteiger partial charge on any atom is -0.463 e. The third kappa shape index (κ3) is 8.11. The number of nitrogen functional groups attached to an aromatic ring is 1. The van der Waals surface area contributed by atoms with Crippen LogP contribution in [0.2, 0.25) is 0 Å². The number of fused-ring (bicyclic) bond motifs is 1. The Kier molecular flexibility index (Phi) is 11.8. The maximum Gasteiger partial charge on any atom is 0.305 e. The number of ether oxygens (including phenoxy) is 2. The van der Waals surface area contributed by atoms with Crippen LogP contribution in [0.4, 0.5) is 5.82 Å². The summed E-state index contributed by atoms with van der Waals surface area (Å²) >= 11 is 0. The lowest BCUT2D eigenvalue weighted by Gasteiger charge is -2.16. The maximum absolute atomic E-state index is 12.1. The Morgan fingerprint density at radius 2 is 1.56 bits per heavy atom. The minimum absolute atomic E-state index is 0.129. The van der Waals surface area contributed by atoms with E-state index in [1.54, 1.807) is 0 Å². The molecule has 0 unspecified atom stereocenters. The number of nitrogens with zero attached hydrogens (tertiary/aromatic N) is 4. The second kappa shape index (κ2) is 15.1. The number of imidazole rings is 1. The summed E-state index contributed by atoms with van der Waals surface area (Å²) in [6.07, 6.45) is 15.1. The van der Waals surface area contributed by atoms with Crippen LogP contribution in [0.25, 0.3) is 11.2 Å². The molecule has 2 aromatic rings. The van der Waals surface area contributed by atoms with Gasteiger partial charge in [-0.25, -0.2) is 15.0 Å². The molecule has 3 heterocycles. The van der Waals surface area contributed by atoms with Crippen LogP contribution < -0.4 is 5.73 Å². The van der Waals surface area contributed by atoms with Crippen LogP contribution >= 0.6 is 0 Å². The first-order valence-electron chi connectivity index (χ1n) is 13.6. The van der Waals surface area contributed by atoms with Crippen molar-refractivity contribution in [3.63, 3.8) is 0 Å². The van der Waals surface area contributed by atoms with Gasteiger partial charge in [-0.1, -0.05) is 84.0 Å². The van der Waals surface area contributed by atoms with E-state index in [1.807, 2.05) is 0 Å². The Labute approximate surface area is 213 Å². The first-order valence-corrected chi connectivity index (χ1v) is 13.6. The molecule has 0 amide bonds. The first-order chi connectivity index (χ1) is 17.5. The Morgan fingerprint density at radius 1 is 0.944 bits per heavy atom. The molecule has 4 atom stereocenters. The summed E-state index contributed by atoms with van der Waals surface area (Å²) in [5.41, 5.74) is 6.58. The molecule has 0 spiro atoms. The smallest absolute Gasteiger partial charge is 0.305 e. The molecular weight excluding hydrogens is 462 g/mol. The molecule has 1 fully saturated rings. The minimum atomic E-state index is -1.23. The molecule has 1 aliphatic rings. The molecule has 0 saturated carbocycles. The van der Waals surface area contributed by atoms with Gasteiger partial charge in [0.1, 0.15) is 36.8 Å². The number of aromatic nitrogens is 4. The predicted molar refractivity (Wildman–Crippen MR) is 137 cm³/mol. The van der Waals surface area contributed by atoms with E-state index in [0.29, 0.717) is 17.6 Å². The molecule has 2 aromatic heterocycles. The number of aliphatic hydroxyl groups excluding tert-OH is 2. The number of anilines is 1. The molecule has 4 N–H and O–H groups in total. The number of aliphatic hydroxyl groups is 2. The number of hydrogen-bond donors (Lipinski definition) is 3. The highest BCUT2D eigenvalue weighted by Gasteiger charge is 2.44. The van der Waals surface area contributed by atoms with E-state index >= 15 is 0 Å². The molecule has 1 aliphatic heterocycles. The van der Waals surface area contributed by atoms with Gasteiger partial charge in [0, 0.05) is 6.42 Å². The van der Waals surface area contributed by atoms with Crippen molar-refractivity contribution in [3.05, 3.63) is 12.7 Å². The second-order valence-corrected chi connectivity index (χ2v) is 9.80. The Bertz CT molecular complexity index is 923. The average Bonchev–Trinajstić information content (AvgIpc) is 3.42. The second-order valence-electron chi connectivity index (χ2n) is 9.80. The van der Waals surface area contributed by atoms with Crippen molar-refractivity contribution in [1.29, 1.82) is 0 Å². The normalized spacial score (nSPS) is 21.9. The molecule has 1 saturated heterocycles. The number of hydrogen-bond acceptors (Lipinski definition) is 9. The fraction of sp³-hybridized carbons (Fsp3) is 0.769. The molecule has 0 bridgehead atoms. The molecule has 0 aliphatic carbocycles. The number of unbranched alkanes of at least 4 members (excludes halogenated alkanes) is 12. The van der Waals surface area contributed by atoms with E-state index in [0.717, 1.165) is 19.3 Å². The number of carbonyl (C=O) groups excluding carboxylic acids is 1. The molecule has 0 radical (unpaired) electrons. The van der Waals surface area contributed by atoms with Gasteiger partial charge in [-0.2, -0.15) is 0 Å². The van der Waals surface area contributed by atoms with E-state index in [2.05, 4.69) is 21.9 Å². The van der Waals surface area contributed by atoms with Gasteiger partial charge < -0.3 is 25.4 Å². The quantitative estimate of drug-likeness (QED) is 0.214. The zero-order chi connectivity index (χ0) is 25.8. The summed E-state index contributed by atoms with van der Waals surface area (Å²) in [4.78, 5) is 24.3. The lowest BCUT2D eigenvalue weighted by atomic mass is 10.0. The zero-order valence-corrected chi connectivity index (χ0v) is 21.6. The summed E-state index contributed by atoms with van der Waals surface area (Å²) in [6.45, 7) is 2.12. The molecule has 0 aromatic carbocycles.